The van der Waals surface area contributed by atoms with Crippen molar-refractivity contribution in [2.75, 3.05) is 32.5 Å². The Morgan fingerprint density at radius 2 is 2.25 bits per heavy atom. The number of aromatic nitrogens is 2. The molecule has 2 aromatic rings. The molecule has 0 saturated heterocycles. The number of quaternary nitrogens is 1. The third-order valence-corrected chi connectivity index (χ3v) is 5.17. The summed E-state index contributed by atoms with van der Waals surface area (Å²) in [5.41, 5.74) is 1.50. The molecule has 2 N–H and O–H groups in total. The molecule has 0 aliphatic heterocycles. The molecular weight excluding hydrogens is 268 g/mol. The maximum Gasteiger partial charge on any atom is 0.138 e. The number of aryl methyl sites for hydroxylation is 1. The Morgan fingerprint density at radius 3 is 3.05 bits per heavy atom. The summed E-state index contributed by atoms with van der Waals surface area (Å²) >= 11 is 1.86. The molecule has 0 unspecified atom stereocenters. The van der Waals surface area contributed by atoms with Gasteiger partial charge in [0.25, 0.3) is 0 Å². The molecule has 0 radical (unpaired) electrons. The molecule has 1 aliphatic carbocycles. The van der Waals surface area contributed by atoms with Gasteiger partial charge in [0.15, 0.2) is 0 Å². The molecule has 0 amide bonds. The number of nitrogens with one attached hydrogen (secondary N) is 2. The first-order valence-electron chi connectivity index (χ1n) is 7.43. The number of nitrogens with zero attached hydrogens (tertiary/aromatic N) is 2. The third-order valence-electron chi connectivity index (χ3n) is 4.01. The summed E-state index contributed by atoms with van der Waals surface area (Å²) in [5, 5.41) is 4.79. The van der Waals surface area contributed by atoms with Crippen molar-refractivity contribution in [2.24, 2.45) is 5.92 Å². The van der Waals surface area contributed by atoms with E-state index in [9.17, 15) is 0 Å². The van der Waals surface area contributed by atoms with Crippen molar-refractivity contribution >= 4 is 27.4 Å². The SMILES string of the molecule is C[C@@H]1CCc2c(sc3ncnc(NCC[NH+](C)C)c23)C1. The molecule has 0 spiro atoms. The Labute approximate surface area is 124 Å². The zero-order chi connectivity index (χ0) is 14.1. The number of fused-ring (bicyclic) bond motifs is 3. The van der Waals surface area contributed by atoms with E-state index in [1.54, 1.807) is 6.33 Å². The van der Waals surface area contributed by atoms with Gasteiger partial charge in [-0.2, -0.15) is 0 Å². The van der Waals surface area contributed by atoms with E-state index in [1.807, 2.05) is 11.3 Å². The van der Waals surface area contributed by atoms with Gasteiger partial charge in [0.1, 0.15) is 17.0 Å². The van der Waals surface area contributed by atoms with Crippen molar-refractivity contribution in [3.05, 3.63) is 16.8 Å². The summed E-state index contributed by atoms with van der Waals surface area (Å²) in [6, 6.07) is 0. The molecule has 0 bridgehead atoms. The van der Waals surface area contributed by atoms with Crippen LogP contribution in [0.4, 0.5) is 5.82 Å². The largest absolute Gasteiger partial charge is 0.364 e. The molecule has 2 aromatic heterocycles. The van der Waals surface area contributed by atoms with E-state index in [-0.39, 0.29) is 0 Å². The van der Waals surface area contributed by atoms with Gasteiger partial charge < -0.3 is 10.2 Å². The molecule has 5 heteroatoms. The minimum atomic E-state index is 0.803. The number of rotatable bonds is 4. The van der Waals surface area contributed by atoms with Crippen molar-refractivity contribution in [2.45, 2.75) is 26.2 Å². The Balaban J connectivity index is 1.92. The van der Waals surface area contributed by atoms with Gasteiger partial charge in [-0.1, -0.05) is 6.92 Å². The highest BCUT2D eigenvalue weighted by atomic mass is 32.1. The fourth-order valence-electron chi connectivity index (χ4n) is 2.84. The lowest BCUT2D eigenvalue weighted by Crippen LogP contribution is -3.06. The summed E-state index contributed by atoms with van der Waals surface area (Å²) < 4.78 is 0. The van der Waals surface area contributed by atoms with E-state index in [0.717, 1.165) is 29.7 Å². The lowest BCUT2D eigenvalue weighted by Gasteiger charge is -2.18. The summed E-state index contributed by atoms with van der Waals surface area (Å²) in [6.07, 6.45) is 5.36. The second-order valence-corrected chi connectivity index (χ2v) is 7.22. The molecule has 0 aromatic carbocycles. The van der Waals surface area contributed by atoms with E-state index in [0.29, 0.717) is 0 Å². The predicted molar refractivity (Wildman–Crippen MR) is 84.8 cm³/mol. The highest BCUT2D eigenvalue weighted by Crippen LogP contribution is 2.39. The van der Waals surface area contributed by atoms with Crippen LogP contribution in [-0.2, 0) is 12.8 Å². The lowest BCUT2D eigenvalue weighted by molar-refractivity contribution is -0.856. The molecular formula is C15H23N4S+. The van der Waals surface area contributed by atoms with E-state index in [1.165, 1.54) is 40.0 Å². The van der Waals surface area contributed by atoms with Crippen LogP contribution in [0.3, 0.4) is 0 Å². The third kappa shape index (κ3) is 2.65. The molecule has 1 atom stereocenters. The van der Waals surface area contributed by atoms with Crippen LogP contribution in [0, 0.1) is 5.92 Å². The van der Waals surface area contributed by atoms with Gasteiger partial charge in [-0.3, -0.25) is 0 Å². The van der Waals surface area contributed by atoms with Crippen molar-refractivity contribution in [1.82, 2.24) is 9.97 Å². The molecule has 20 heavy (non-hydrogen) atoms. The molecule has 4 nitrogen and oxygen atoms in total. The van der Waals surface area contributed by atoms with Crippen LogP contribution in [-0.4, -0.2) is 37.2 Å². The number of thiophene rings is 1. The van der Waals surface area contributed by atoms with E-state index >= 15 is 0 Å². The van der Waals surface area contributed by atoms with Gasteiger partial charge >= 0.3 is 0 Å². The summed E-state index contributed by atoms with van der Waals surface area (Å²) in [6.45, 7) is 4.39. The Kier molecular flexibility index (Phi) is 3.89. The topological polar surface area (TPSA) is 42.2 Å². The van der Waals surface area contributed by atoms with Crippen LogP contribution in [0.15, 0.2) is 6.33 Å². The quantitative estimate of drug-likeness (QED) is 0.894. The minimum Gasteiger partial charge on any atom is -0.364 e. The molecule has 0 saturated carbocycles. The van der Waals surface area contributed by atoms with E-state index in [2.05, 4.69) is 36.3 Å². The average molecular weight is 291 g/mol. The van der Waals surface area contributed by atoms with Crippen LogP contribution < -0.4 is 10.2 Å². The summed E-state index contributed by atoms with van der Waals surface area (Å²) in [5.74, 6) is 1.83. The number of anilines is 1. The fourth-order valence-corrected chi connectivity index (χ4v) is 4.19. The minimum absolute atomic E-state index is 0.803. The van der Waals surface area contributed by atoms with Crippen LogP contribution in [0.25, 0.3) is 10.2 Å². The van der Waals surface area contributed by atoms with Crippen molar-refractivity contribution in [3.8, 4) is 0 Å². The Morgan fingerprint density at radius 1 is 1.40 bits per heavy atom. The Hall–Kier alpha value is -1.20. The van der Waals surface area contributed by atoms with Crippen LogP contribution >= 0.6 is 11.3 Å². The first kappa shape index (κ1) is 13.8. The Bertz CT molecular complexity index is 605. The number of hydrogen-bond donors (Lipinski definition) is 2. The molecule has 0 fully saturated rings. The standard InChI is InChI=1S/C15H22N4S/c1-10-4-5-11-12(8-10)20-15-13(11)14(17-9-18-15)16-6-7-19(2)3/h9-10H,4-8H2,1-3H3,(H,16,17,18)/p+1/t10-/m1/s1. The molecule has 1 aliphatic rings. The van der Waals surface area contributed by atoms with Crippen molar-refractivity contribution in [3.63, 3.8) is 0 Å². The highest BCUT2D eigenvalue weighted by Gasteiger charge is 2.22. The highest BCUT2D eigenvalue weighted by molar-refractivity contribution is 7.19. The number of hydrogen-bond acceptors (Lipinski definition) is 4. The first-order chi connectivity index (χ1) is 9.65. The van der Waals surface area contributed by atoms with Gasteiger partial charge in [-0.05, 0) is 30.7 Å². The van der Waals surface area contributed by atoms with Crippen molar-refractivity contribution < 1.29 is 4.90 Å². The van der Waals surface area contributed by atoms with E-state index in [4.69, 9.17) is 0 Å². The molecule has 3 rings (SSSR count). The lowest BCUT2D eigenvalue weighted by atomic mass is 9.89. The van der Waals surface area contributed by atoms with Gasteiger partial charge in [-0.25, -0.2) is 9.97 Å². The van der Waals surface area contributed by atoms with Gasteiger partial charge in [0, 0.05) is 4.88 Å². The zero-order valence-corrected chi connectivity index (χ0v) is 13.3. The van der Waals surface area contributed by atoms with Crippen LogP contribution in [0.2, 0.25) is 0 Å². The molecule has 108 valence electrons. The van der Waals surface area contributed by atoms with E-state index < -0.39 is 0 Å². The first-order valence-corrected chi connectivity index (χ1v) is 8.25. The monoisotopic (exact) mass is 291 g/mol. The smallest absolute Gasteiger partial charge is 0.138 e. The number of likely N-dealkylation sites (N-methyl/N-ethyl adjacent to an activating group) is 1. The molecule has 2 heterocycles. The predicted octanol–water partition coefficient (Wildman–Crippen LogP) is 1.37. The van der Waals surface area contributed by atoms with Crippen LogP contribution in [0.5, 0.6) is 0 Å². The second kappa shape index (κ2) is 5.66. The maximum atomic E-state index is 4.48. The van der Waals surface area contributed by atoms with Gasteiger partial charge in [0.05, 0.1) is 32.6 Å². The van der Waals surface area contributed by atoms with Crippen molar-refractivity contribution in [1.29, 1.82) is 0 Å². The average Bonchev–Trinajstić information content (AvgIpc) is 2.76. The normalized spacial score (nSPS) is 18.5. The summed E-state index contributed by atoms with van der Waals surface area (Å²) in [4.78, 5) is 13.1. The van der Waals surface area contributed by atoms with Gasteiger partial charge in [-0.15, -0.1) is 11.3 Å². The van der Waals surface area contributed by atoms with Gasteiger partial charge in [0.2, 0.25) is 0 Å². The van der Waals surface area contributed by atoms with Crippen LogP contribution in [0.1, 0.15) is 23.8 Å². The zero-order valence-electron chi connectivity index (χ0n) is 12.5. The fraction of sp³-hybridized carbons (Fsp3) is 0.600. The second-order valence-electron chi connectivity index (χ2n) is 6.14. The maximum absolute atomic E-state index is 4.48. The summed E-state index contributed by atoms with van der Waals surface area (Å²) in [7, 11) is 4.34.